The van der Waals surface area contributed by atoms with Gasteiger partial charge in [0.25, 0.3) is 5.69 Å². The first-order valence-electron chi connectivity index (χ1n) is 7.97. The second kappa shape index (κ2) is 9.16. The molecule has 0 aliphatic carbocycles. The minimum atomic E-state index is -0.798. The maximum atomic E-state index is 12.1. The van der Waals surface area contributed by atoms with Crippen molar-refractivity contribution in [3.63, 3.8) is 0 Å². The van der Waals surface area contributed by atoms with Crippen LogP contribution in [-0.4, -0.2) is 22.8 Å². The monoisotopic (exact) mass is 357 g/mol. The number of nitrogens with two attached hydrogens (primary N) is 1. The average molecular weight is 357 g/mol. The number of ether oxygens (including phenoxy) is 1. The number of amidine groups is 1. The molecule has 8 heteroatoms. The zero-order valence-corrected chi connectivity index (χ0v) is 14.2. The number of benzene rings is 2. The molecule has 136 valence electrons. The molecule has 0 heterocycles. The smallest absolute Gasteiger partial charge is 0.375 e. The molecule has 2 aromatic rings. The number of nitro groups is 1. The van der Waals surface area contributed by atoms with E-state index in [0.717, 1.165) is 0 Å². The molecule has 0 saturated carbocycles. The van der Waals surface area contributed by atoms with Gasteiger partial charge in [0, 0.05) is 18.6 Å². The molecule has 2 aromatic carbocycles. The van der Waals surface area contributed by atoms with Gasteiger partial charge < -0.3 is 15.3 Å². The quantitative estimate of drug-likeness (QED) is 0.255. The normalized spacial score (nSPS) is 12.3. The molecule has 0 spiro atoms. The Morgan fingerprint density at radius 1 is 1.19 bits per heavy atom. The van der Waals surface area contributed by atoms with E-state index in [-0.39, 0.29) is 17.9 Å². The largest absolute Gasteiger partial charge is 0.479 e. The Labute approximate surface area is 150 Å². The average Bonchev–Trinajstić information content (AvgIpc) is 2.65. The zero-order valence-electron chi connectivity index (χ0n) is 14.2. The van der Waals surface area contributed by atoms with E-state index in [4.69, 9.17) is 15.3 Å². The molecule has 1 unspecified atom stereocenters. The highest BCUT2D eigenvalue weighted by molar-refractivity contribution is 5.83. The lowest BCUT2D eigenvalue weighted by Gasteiger charge is -2.14. The highest BCUT2D eigenvalue weighted by Gasteiger charge is 2.20. The molecule has 1 atom stereocenters. The molecule has 0 radical (unpaired) electrons. The van der Waals surface area contributed by atoms with Crippen molar-refractivity contribution < 1.29 is 19.3 Å². The van der Waals surface area contributed by atoms with Crippen molar-refractivity contribution >= 4 is 17.5 Å². The predicted molar refractivity (Wildman–Crippen MR) is 95.7 cm³/mol. The minimum absolute atomic E-state index is 0.0143. The third-order valence-corrected chi connectivity index (χ3v) is 3.44. The molecule has 0 fully saturated rings. The van der Waals surface area contributed by atoms with E-state index in [1.165, 1.54) is 12.1 Å². The molecule has 8 nitrogen and oxygen atoms in total. The van der Waals surface area contributed by atoms with Gasteiger partial charge in [-0.2, -0.15) is 0 Å². The van der Waals surface area contributed by atoms with Crippen LogP contribution in [0.15, 0.2) is 59.8 Å². The number of hydrogen-bond acceptors (Lipinski definition) is 6. The van der Waals surface area contributed by atoms with Crippen molar-refractivity contribution in [2.75, 3.05) is 0 Å². The van der Waals surface area contributed by atoms with Crippen LogP contribution in [0.1, 0.15) is 18.9 Å². The second-order valence-electron chi connectivity index (χ2n) is 5.42. The summed E-state index contributed by atoms with van der Waals surface area (Å²) in [5, 5.41) is 14.2. The van der Waals surface area contributed by atoms with Crippen LogP contribution in [0.2, 0.25) is 0 Å². The van der Waals surface area contributed by atoms with E-state index in [1.807, 2.05) is 6.07 Å². The lowest BCUT2D eigenvalue weighted by molar-refractivity contribution is -0.384. The fraction of sp³-hybridized carbons (Fsp3) is 0.222. The molecule has 0 aromatic heterocycles. The Morgan fingerprint density at radius 3 is 2.42 bits per heavy atom. The zero-order chi connectivity index (χ0) is 18.9. The van der Waals surface area contributed by atoms with Crippen molar-refractivity contribution in [1.82, 2.24) is 0 Å². The Morgan fingerprint density at radius 2 is 1.85 bits per heavy atom. The van der Waals surface area contributed by atoms with Crippen LogP contribution in [0.4, 0.5) is 5.69 Å². The molecular weight excluding hydrogens is 338 g/mol. The summed E-state index contributed by atoms with van der Waals surface area (Å²) < 4.78 is 5.56. The number of rotatable bonds is 8. The molecule has 0 aliphatic heterocycles. The summed E-state index contributed by atoms with van der Waals surface area (Å²) in [7, 11) is 0. The second-order valence-corrected chi connectivity index (χ2v) is 5.42. The molecule has 0 amide bonds. The lowest BCUT2D eigenvalue weighted by Crippen LogP contribution is -2.28. The minimum Gasteiger partial charge on any atom is -0.479 e. The predicted octanol–water partition coefficient (Wildman–Crippen LogP) is 2.81. The number of nitrogens with zero attached hydrogens (tertiary/aromatic N) is 2. The third kappa shape index (κ3) is 5.59. The van der Waals surface area contributed by atoms with Crippen molar-refractivity contribution in [2.24, 2.45) is 10.9 Å². The SMILES string of the molecule is CCC(Oc1ccccc1)C(=O)ON=C(N)Cc1ccc([N+](=O)[O-])cc1. The highest BCUT2D eigenvalue weighted by atomic mass is 16.7. The maximum Gasteiger partial charge on any atom is 0.375 e. The van der Waals surface area contributed by atoms with Gasteiger partial charge in [0.1, 0.15) is 11.6 Å². The van der Waals surface area contributed by atoms with Crippen LogP contribution in [0.25, 0.3) is 0 Å². The molecule has 0 saturated heterocycles. The summed E-state index contributed by atoms with van der Waals surface area (Å²) in [4.78, 5) is 27.1. The summed E-state index contributed by atoms with van der Waals surface area (Å²) in [5.41, 5.74) is 6.44. The van der Waals surface area contributed by atoms with Crippen molar-refractivity contribution in [2.45, 2.75) is 25.9 Å². The Hall–Kier alpha value is -3.42. The first-order valence-corrected chi connectivity index (χ1v) is 7.97. The van der Waals surface area contributed by atoms with Crippen LogP contribution in [0, 0.1) is 10.1 Å². The van der Waals surface area contributed by atoms with Gasteiger partial charge in [-0.15, -0.1) is 0 Å². The van der Waals surface area contributed by atoms with Gasteiger partial charge in [0.2, 0.25) is 0 Å². The van der Waals surface area contributed by atoms with Crippen molar-refractivity contribution in [1.29, 1.82) is 0 Å². The Balaban J connectivity index is 1.91. The van der Waals surface area contributed by atoms with Gasteiger partial charge >= 0.3 is 5.97 Å². The molecule has 0 aliphatic rings. The first-order chi connectivity index (χ1) is 12.5. The number of para-hydroxylation sites is 1. The van der Waals surface area contributed by atoms with Gasteiger partial charge in [-0.05, 0) is 24.1 Å². The van der Waals surface area contributed by atoms with Crippen LogP contribution >= 0.6 is 0 Å². The van der Waals surface area contributed by atoms with E-state index >= 15 is 0 Å². The fourth-order valence-corrected chi connectivity index (χ4v) is 2.10. The topological polar surface area (TPSA) is 117 Å². The Bertz CT molecular complexity index is 775. The van der Waals surface area contributed by atoms with E-state index < -0.39 is 17.0 Å². The number of non-ortho nitro benzene ring substituents is 1. The molecule has 2 N–H and O–H groups in total. The summed E-state index contributed by atoms with van der Waals surface area (Å²) in [6.45, 7) is 1.79. The third-order valence-electron chi connectivity index (χ3n) is 3.44. The molecule has 2 rings (SSSR count). The number of oxime groups is 1. The van der Waals surface area contributed by atoms with Gasteiger partial charge in [0.15, 0.2) is 6.10 Å². The lowest BCUT2D eigenvalue weighted by atomic mass is 10.1. The molecule has 0 bridgehead atoms. The van der Waals surface area contributed by atoms with Crippen LogP contribution in [-0.2, 0) is 16.1 Å². The van der Waals surface area contributed by atoms with Crippen molar-refractivity contribution in [3.05, 3.63) is 70.3 Å². The summed E-state index contributed by atoms with van der Waals surface area (Å²) in [5.74, 6) is -0.0242. The number of hydrogen-bond donors (Lipinski definition) is 1. The van der Waals surface area contributed by atoms with Gasteiger partial charge in [-0.3, -0.25) is 10.1 Å². The summed E-state index contributed by atoms with van der Waals surface area (Å²) >= 11 is 0. The van der Waals surface area contributed by atoms with Crippen LogP contribution < -0.4 is 10.5 Å². The first kappa shape index (κ1) is 18.9. The van der Waals surface area contributed by atoms with Crippen molar-refractivity contribution in [3.8, 4) is 5.75 Å². The van der Waals surface area contributed by atoms with Gasteiger partial charge in [0.05, 0.1) is 4.92 Å². The van der Waals surface area contributed by atoms with Crippen LogP contribution in [0.3, 0.4) is 0 Å². The van der Waals surface area contributed by atoms with Gasteiger partial charge in [-0.1, -0.05) is 42.4 Å². The van der Waals surface area contributed by atoms with E-state index in [9.17, 15) is 14.9 Å². The summed E-state index contributed by atoms with van der Waals surface area (Å²) in [6, 6.07) is 14.8. The number of carbonyl (C=O) groups is 1. The maximum absolute atomic E-state index is 12.1. The van der Waals surface area contributed by atoms with Crippen LogP contribution in [0.5, 0.6) is 5.75 Å². The number of carbonyl (C=O) groups excluding carboxylic acids is 1. The Kier molecular flexibility index (Phi) is 6.67. The van der Waals surface area contributed by atoms with E-state index in [0.29, 0.717) is 17.7 Å². The fourth-order valence-electron chi connectivity index (χ4n) is 2.10. The van der Waals surface area contributed by atoms with E-state index in [2.05, 4.69) is 5.16 Å². The van der Waals surface area contributed by atoms with E-state index in [1.54, 1.807) is 43.3 Å². The molecular formula is C18H19N3O5. The highest BCUT2D eigenvalue weighted by Crippen LogP contribution is 2.14. The molecule has 26 heavy (non-hydrogen) atoms. The number of nitro benzene ring substituents is 1. The van der Waals surface area contributed by atoms with Gasteiger partial charge in [-0.25, -0.2) is 4.79 Å². The summed E-state index contributed by atoms with van der Waals surface area (Å²) in [6.07, 6.45) is -0.194. The standard InChI is InChI=1S/C18H19N3O5/c1-2-16(25-15-6-4-3-5-7-15)18(22)26-20-17(19)12-13-8-10-14(11-9-13)21(23)24/h3-11,16H,2,12H2,1H3,(H2,19,20).